The van der Waals surface area contributed by atoms with E-state index >= 15 is 0 Å². The zero-order valence-corrected chi connectivity index (χ0v) is 16.7. The van der Waals surface area contributed by atoms with Gasteiger partial charge < -0.3 is 14.8 Å². The molecule has 0 heterocycles. The second-order valence-electron chi connectivity index (χ2n) is 6.86. The van der Waals surface area contributed by atoms with Crippen molar-refractivity contribution >= 4 is 5.69 Å². The van der Waals surface area contributed by atoms with Gasteiger partial charge in [0.2, 0.25) is 0 Å². The SMILES string of the molecule is COc1cc(NCCCCc2ccccc2)ccc1-c1ccc(OC(F)(F)F)cc1. The Balaban J connectivity index is 1.56. The Morgan fingerprint density at radius 2 is 1.60 bits per heavy atom. The van der Waals surface area contributed by atoms with Crippen LogP contribution in [0.1, 0.15) is 18.4 Å². The predicted molar refractivity (Wildman–Crippen MR) is 113 cm³/mol. The van der Waals surface area contributed by atoms with Crippen molar-refractivity contribution in [3.05, 3.63) is 78.4 Å². The molecule has 3 rings (SSSR count). The molecule has 0 radical (unpaired) electrons. The highest BCUT2D eigenvalue weighted by molar-refractivity contribution is 5.73. The number of hydrogen-bond donors (Lipinski definition) is 1. The lowest BCUT2D eigenvalue weighted by molar-refractivity contribution is -0.274. The van der Waals surface area contributed by atoms with E-state index in [9.17, 15) is 13.2 Å². The standard InChI is InChI=1S/C24H24F3NO2/c1-29-23-17-20(28-16-6-5-9-18-7-3-2-4-8-18)12-15-22(23)19-10-13-21(14-11-19)30-24(25,26)27/h2-4,7-8,10-15,17,28H,5-6,9,16H2,1H3. The third kappa shape index (κ3) is 6.44. The van der Waals surface area contributed by atoms with Crippen LogP contribution in [0.5, 0.6) is 11.5 Å². The number of methoxy groups -OCH3 is 1. The van der Waals surface area contributed by atoms with Gasteiger partial charge in [-0.1, -0.05) is 42.5 Å². The molecule has 0 fully saturated rings. The molecular formula is C24H24F3NO2. The van der Waals surface area contributed by atoms with Gasteiger partial charge in [0.15, 0.2) is 0 Å². The summed E-state index contributed by atoms with van der Waals surface area (Å²) in [7, 11) is 1.57. The Labute approximate surface area is 174 Å². The fourth-order valence-electron chi connectivity index (χ4n) is 3.21. The second-order valence-corrected chi connectivity index (χ2v) is 6.86. The van der Waals surface area contributed by atoms with Gasteiger partial charge in [0.05, 0.1) is 7.11 Å². The lowest BCUT2D eigenvalue weighted by Gasteiger charge is -2.13. The summed E-state index contributed by atoms with van der Waals surface area (Å²) in [6.45, 7) is 0.846. The van der Waals surface area contributed by atoms with E-state index in [0.29, 0.717) is 5.75 Å². The molecule has 3 aromatic rings. The summed E-state index contributed by atoms with van der Waals surface area (Å²) in [5.41, 5.74) is 3.82. The molecule has 0 atom stereocenters. The van der Waals surface area contributed by atoms with Crippen LogP contribution in [-0.4, -0.2) is 20.0 Å². The van der Waals surface area contributed by atoms with E-state index < -0.39 is 6.36 Å². The first-order valence-corrected chi connectivity index (χ1v) is 9.76. The minimum atomic E-state index is -4.70. The molecule has 0 spiro atoms. The van der Waals surface area contributed by atoms with E-state index in [-0.39, 0.29) is 5.75 Å². The lowest BCUT2D eigenvalue weighted by Crippen LogP contribution is -2.16. The number of ether oxygens (including phenoxy) is 2. The largest absolute Gasteiger partial charge is 0.573 e. The highest BCUT2D eigenvalue weighted by Crippen LogP contribution is 2.34. The van der Waals surface area contributed by atoms with E-state index in [1.54, 1.807) is 19.2 Å². The molecule has 0 aromatic heterocycles. The summed E-state index contributed by atoms with van der Waals surface area (Å²) in [5.74, 6) is 0.396. The maximum atomic E-state index is 12.3. The molecule has 0 aliphatic rings. The monoisotopic (exact) mass is 415 g/mol. The molecule has 1 N–H and O–H groups in total. The molecule has 0 saturated heterocycles. The first-order chi connectivity index (χ1) is 14.4. The normalized spacial score (nSPS) is 11.2. The average molecular weight is 415 g/mol. The van der Waals surface area contributed by atoms with Gasteiger partial charge in [0, 0.05) is 23.9 Å². The minimum Gasteiger partial charge on any atom is -0.496 e. The number of anilines is 1. The number of rotatable bonds is 9. The molecular weight excluding hydrogens is 391 g/mol. The quantitative estimate of drug-likeness (QED) is 0.395. The zero-order chi connectivity index (χ0) is 21.4. The van der Waals surface area contributed by atoms with Crippen molar-refractivity contribution < 1.29 is 22.6 Å². The van der Waals surface area contributed by atoms with Crippen molar-refractivity contribution in [3.8, 4) is 22.6 Å². The number of unbranched alkanes of at least 4 members (excludes halogenated alkanes) is 1. The topological polar surface area (TPSA) is 30.5 Å². The molecule has 0 aliphatic heterocycles. The van der Waals surface area contributed by atoms with E-state index in [1.807, 2.05) is 24.3 Å². The smallest absolute Gasteiger partial charge is 0.496 e. The molecule has 0 amide bonds. The minimum absolute atomic E-state index is 0.251. The van der Waals surface area contributed by atoms with Crippen LogP contribution >= 0.6 is 0 Å². The summed E-state index contributed by atoms with van der Waals surface area (Å²) >= 11 is 0. The molecule has 158 valence electrons. The van der Waals surface area contributed by atoms with Gasteiger partial charge >= 0.3 is 6.36 Å². The molecule has 0 unspecified atom stereocenters. The molecule has 0 aliphatic carbocycles. The van der Waals surface area contributed by atoms with Crippen molar-refractivity contribution in [1.82, 2.24) is 0 Å². The molecule has 3 aromatic carbocycles. The number of nitrogens with one attached hydrogen (secondary N) is 1. The second kappa shape index (κ2) is 10.1. The molecule has 0 bridgehead atoms. The van der Waals surface area contributed by atoms with Crippen LogP contribution in [0.25, 0.3) is 11.1 Å². The zero-order valence-electron chi connectivity index (χ0n) is 16.7. The van der Waals surface area contributed by atoms with E-state index in [1.165, 1.54) is 17.7 Å². The number of aryl methyl sites for hydroxylation is 1. The van der Waals surface area contributed by atoms with Gasteiger partial charge in [-0.05, 0) is 54.7 Å². The summed E-state index contributed by atoms with van der Waals surface area (Å²) in [6.07, 6.45) is -1.51. The molecule has 30 heavy (non-hydrogen) atoms. The first-order valence-electron chi connectivity index (χ1n) is 9.76. The summed E-state index contributed by atoms with van der Waals surface area (Å²) in [5, 5.41) is 3.39. The summed E-state index contributed by atoms with van der Waals surface area (Å²) in [6, 6.07) is 21.9. The van der Waals surface area contributed by atoms with Crippen LogP contribution in [0, 0.1) is 0 Å². The maximum Gasteiger partial charge on any atom is 0.573 e. The highest BCUT2D eigenvalue weighted by atomic mass is 19.4. The molecule has 3 nitrogen and oxygen atoms in total. The summed E-state index contributed by atoms with van der Waals surface area (Å²) in [4.78, 5) is 0. The number of halogens is 3. The molecule has 0 saturated carbocycles. The fraction of sp³-hybridized carbons (Fsp3) is 0.250. The van der Waals surface area contributed by atoms with Crippen molar-refractivity contribution in [2.45, 2.75) is 25.6 Å². The van der Waals surface area contributed by atoms with Crippen LogP contribution in [0.4, 0.5) is 18.9 Å². The van der Waals surface area contributed by atoms with E-state index in [0.717, 1.165) is 42.6 Å². The first kappa shape index (κ1) is 21.6. The van der Waals surface area contributed by atoms with Crippen LogP contribution in [0.15, 0.2) is 72.8 Å². The van der Waals surface area contributed by atoms with Crippen LogP contribution in [-0.2, 0) is 6.42 Å². The average Bonchev–Trinajstić information content (AvgIpc) is 2.73. The van der Waals surface area contributed by atoms with Crippen molar-refractivity contribution in [1.29, 1.82) is 0 Å². The molecule has 6 heteroatoms. The van der Waals surface area contributed by atoms with Crippen molar-refractivity contribution in [2.24, 2.45) is 0 Å². The van der Waals surface area contributed by atoms with Crippen LogP contribution < -0.4 is 14.8 Å². The van der Waals surface area contributed by atoms with Gasteiger partial charge in [0.25, 0.3) is 0 Å². The highest BCUT2D eigenvalue weighted by Gasteiger charge is 2.31. The Morgan fingerprint density at radius 1 is 0.867 bits per heavy atom. The third-order valence-corrected chi connectivity index (χ3v) is 4.66. The van der Waals surface area contributed by atoms with Gasteiger partial charge in [-0.3, -0.25) is 0 Å². The van der Waals surface area contributed by atoms with Gasteiger partial charge in [0.1, 0.15) is 11.5 Å². The van der Waals surface area contributed by atoms with E-state index in [2.05, 4.69) is 34.3 Å². The predicted octanol–water partition coefficient (Wildman–Crippen LogP) is 6.70. The van der Waals surface area contributed by atoms with Crippen molar-refractivity contribution in [3.63, 3.8) is 0 Å². The third-order valence-electron chi connectivity index (χ3n) is 4.66. The van der Waals surface area contributed by atoms with Gasteiger partial charge in [-0.2, -0.15) is 0 Å². The van der Waals surface area contributed by atoms with Crippen molar-refractivity contribution in [2.75, 3.05) is 19.0 Å². The Hall–Kier alpha value is -3.15. The van der Waals surface area contributed by atoms with E-state index in [4.69, 9.17) is 4.74 Å². The Morgan fingerprint density at radius 3 is 2.27 bits per heavy atom. The number of alkyl halides is 3. The van der Waals surface area contributed by atoms with Gasteiger partial charge in [-0.25, -0.2) is 0 Å². The fourth-order valence-corrected chi connectivity index (χ4v) is 3.21. The van der Waals surface area contributed by atoms with Gasteiger partial charge in [-0.15, -0.1) is 13.2 Å². The number of benzene rings is 3. The number of hydrogen-bond acceptors (Lipinski definition) is 3. The van der Waals surface area contributed by atoms with Crippen LogP contribution in [0.3, 0.4) is 0 Å². The Bertz CT molecular complexity index is 925. The lowest BCUT2D eigenvalue weighted by atomic mass is 10.0. The maximum absolute atomic E-state index is 12.3. The summed E-state index contributed by atoms with van der Waals surface area (Å²) < 4.78 is 46.4. The van der Waals surface area contributed by atoms with Crippen LogP contribution in [0.2, 0.25) is 0 Å². The Kier molecular flexibility index (Phi) is 7.22.